The molecule has 1 aliphatic rings. The van der Waals surface area contributed by atoms with Gasteiger partial charge in [0.15, 0.2) is 0 Å². The molecule has 1 aromatic rings. The van der Waals surface area contributed by atoms with Crippen molar-refractivity contribution in [3.8, 4) is 0 Å². The summed E-state index contributed by atoms with van der Waals surface area (Å²) in [5, 5.41) is 5.38. The molecule has 1 atom stereocenters. The highest BCUT2D eigenvalue weighted by atomic mass is 32.2. The third kappa shape index (κ3) is 4.55. The van der Waals surface area contributed by atoms with E-state index in [1.165, 1.54) is 0 Å². The molecule has 0 bridgehead atoms. The van der Waals surface area contributed by atoms with Crippen LogP contribution in [0.2, 0.25) is 0 Å². The van der Waals surface area contributed by atoms with Crippen molar-refractivity contribution in [1.29, 1.82) is 0 Å². The number of nitrogens with zero attached hydrogens (tertiary/aromatic N) is 2. The van der Waals surface area contributed by atoms with Crippen LogP contribution in [0.25, 0.3) is 0 Å². The molecule has 1 N–H and O–H groups in total. The van der Waals surface area contributed by atoms with Gasteiger partial charge in [0, 0.05) is 30.3 Å². The Kier molecular flexibility index (Phi) is 6.39. The molecule has 1 aromatic heterocycles. The molecule has 6 nitrogen and oxygen atoms in total. The first-order valence-electron chi connectivity index (χ1n) is 8.42. The topological polar surface area (TPSA) is 79.4 Å². The van der Waals surface area contributed by atoms with E-state index in [4.69, 9.17) is 0 Å². The smallest absolute Gasteiger partial charge is 0.222 e. The van der Waals surface area contributed by atoms with Gasteiger partial charge in [-0.15, -0.1) is 11.3 Å². The van der Waals surface area contributed by atoms with Crippen molar-refractivity contribution in [2.45, 2.75) is 58.2 Å². The van der Waals surface area contributed by atoms with Crippen LogP contribution < -0.4 is 5.32 Å². The second kappa shape index (κ2) is 7.93. The van der Waals surface area contributed by atoms with Crippen LogP contribution in [0.1, 0.15) is 57.2 Å². The first-order valence-corrected chi connectivity index (χ1v) is 10.8. The van der Waals surface area contributed by atoms with E-state index in [1.807, 2.05) is 19.2 Å². The number of rotatable bonds is 6. The predicted molar refractivity (Wildman–Crippen MR) is 96.4 cm³/mol. The summed E-state index contributed by atoms with van der Waals surface area (Å²) in [6.07, 6.45) is 1.81. The SMILES string of the molecule is CC(C)C(=O)NCc1csc(C2CCCN(S(=O)(=O)C(C)C)C2)n1. The maximum atomic E-state index is 12.4. The Labute approximate surface area is 148 Å². The van der Waals surface area contributed by atoms with Gasteiger partial charge in [-0.1, -0.05) is 13.8 Å². The zero-order chi connectivity index (χ0) is 17.9. The second-order valence-electron chi connectivity index (χ2n) is 6.84. The fourth-order valence-electron chi connectivity index (χ4n) is 2.65. The fourth-order valence-corrected chi connectivity index (χ4v) is 4.96. The number of nitrogens with one attached hydrogen (secondary N) is 1. The molecule has 2 heterocycles. The summed E-state index contributed by atoms with van der Waals surface area (Å²) in [7, 11) is -3.21. The van der Waals surface area contributed by atoms with Gasteiger partial charge in [-0.25, -0.2) is 17.7 Å². The maximum absolute atomic E-state index is 12.4. The molecular formula is C16H27N3O3S2. The van der Waals surface area contributed by atoms with Crippen LogP contribution in [0.4, 0.5) is 0 Å². The van der Waals surface area contributed by atoms with Crippen molar-refractivity contribution in [2.75, 3.05) is 13.1 Å². The van der Waals surface area contributed by atoms with E-state index in [0.29, 0.717) is 19.6 Å². The van der Waals surface area contributed by atoms with Crippen LogP contribution in [0.3, 0.4) is 0 Å². The summed E-state index contributed by atoms with van der Waals surface area (Å²) in [6.45, 7) is 8.68. The van der Waals surface area contributed by atoms with Crippen LogP contribution in [-0.2, 0) is 21.4 Å². The van der Waals surface area contributed by atoms with Gasteiger partial charge in [0.05, 0.1) is 22.5 Å². The molecule has 2 rings (SSSR count). The zero-order valence-electron chi connectivity index (χ0n) is 14.8. The highest BCUT2D eigenvalue weighted by Crippen LogP contribution is 2.31. The number of carbonyl (C=O) groups is 1. The fraction of sp³-hybridized carbons (Fsp3) is 0.750. The summed E-state index contributed by atoms with van der Waals surface area (Å²) < 4.78 is 26.3. The maximum Gasteiger partial charge on any atom is 0.222 e. The van der Waals surface area contributed by atoms with Crippen molar-refractivity contribution in [3.05, 3.63) is 16.1 Å². The number of amides is 1. The van der Waals surface area contributed by atoms with Crippen molar-refractivity contribution in [3.63, 3.8) is 0 Å². The Bertz CT molecular complexity index is 668. The van der Waals surface area contributed by atoms with Gasteiger partial charge in [0.2, 0.25) is 15.9 Å². The molecule has 0 aliphatic carbocycles. The minimum absolute atomic E-state index is 0.0106. The second-order valence-corrected chi connectivity index (χ2v) is 10.2. The standard InChI is InChI=1S/C16H27N3O3S2/c1-11(2)15(20)17-8-14-10-23-16(18-14)13-6-5-7-19(9-13)24(21,22)12(3)4/h10-13H,5-9H2,1-4H3,(H,17,20). The van der Waals surface area contributed by atoms with Gasteiger partial charge in [-0.2, -0.15) is 0 Å². The minimum atomic E-state index is -3.21. The molecule has 0 aromatic carbocycles. The highest BCUT2D eigenvalue weighted by molar-refractivity contribution is 7.89. The molecule has 1 aliphatic heterocycles. The van der Waals surface area contributed by atoms with Crippen molar-refractivity contribution in [2.24, 2.45) is 5.92 Å². The zero-order valence-corrected chi connectivity index (χ0v) is 16.4. The van der Waals surface area contributed by atoms with Crippen LogP contribution >= 0.6 is 11.3 Å². The number of hydrogen-bond donors (Lipinski definition) is 1. The monoisotopic (exact) mass is 373 g/mol. The lowest BCUT2D eigenvalue weighted by molar-refractivity contribution is -0.124. The average molecular weight is 374 g/mol. The third-order valence-corrected chi connectivity index (χ3v) is 7.53. The summed E-state index contributed by atoms with van der Waals surface area (Å²) in [6, 6.07) is 0. The van der Waals surface area contributed by atoms with Gasteiger partial charge in [-0.3, -0.25) is 4.79 Å². The van der Waals surface area contributed by atoms with E-state index in [2.05, 4.69) is 10.3 Å². The van der Waals surface area contributed by atoms with E-state index >= 15 is 0 Å². The van der Waals surface area contributed by atoms with Gasteiger partial charge in [0.1, 0.15) is 0 Å². The molecule has 136 valence electrons. The predicted octanol–water partition coefficient (Wildman–Crippen LogP) is 2.33. The number of thiazole rings is 1. The van der Waals surface area contributed by atoms with Crippen molar-refractivity contribution < 1.29 is 13.2 Å². The number of piperidine rings is 1. The highest BCUT2D eigenvalue weighted by Gasteiger charge is 2.32. The van der Waals surface area contributed by atoms with E-state index < -0.39 is 15.3 Å². The van der Waals surface area contributed by atoms with Gasteiger partial charge in [-0.05, 0) is 26.7 Å². The van der Waals surface area contributed by atoms with E-state index in [1.54, 1.807) is 29.5 Å². The summed E-state index contributed by atoms with van der Waals surface area (Å²) >= 11 is 1.55. The lowest BCUT2D eigenvalue weighted by atomic mass is 10.0. The number of sulfonamides is 1. The molecule has 1 saturated heterocycles. The molecule has 8 heteroatoms. The quantitative estimate of drug-likeness (QED) is 0.830. The largest absolute Gasteiger partial charge is 0.350 e. The first-order chi connectivity index (χ1) is 11.2. The first kappa shape index (κ1) is 19.3. The lowest BCUT2D eigenvalue weighted by Crippen LogP contribution is -2.42. The number of hydrogen-bond acceptors (Lipinski definition) is 5. The molecule has 1 amide bonds. The van der Waals surface area contributed by atoms with Crippen LogP contribution in [0.5, 0.6) is 0 Å². The van der Waals surface area contributed by atoms with Crippen LogP contribution in [0, 0.1) is 5.92 Å². The summed E-state index contributed by atoms with van der Waals surface area (Å²) in [5.74, 6) is 0.111. The lowest BCUT2D eigenvalue weighted by Gasteiger charge is -2.32. The van der Waals surface area contributed by atoms with Crippen LogP contribution in [-0.4, -0.2) is 42.0 Å². The summed E-state index contributed by atoms with van der Waals surface area (Å²) in [4.78, 5) is 16.2. The number of aromatic nitrogens is 1. The van der Waals surface area contributed by atoms with Gasteiger partial charge >= 0.3 is 0 Å². The van der Waals surface area contributed by atoms with Crippen molar-refractivity contribution in [1.82, 2.24) is 14.6 Å². The van der Waals surface area contributed by atoms with Crippen molar-refractivity contribution >= 4 is 27.3 Å². The Balaban J connectivity index is 2.01. The molecule has 24 heavy (non-hydrogen) atoms. The Hall–Kier alpha value is -0.990. The average Bonchev–Trinajstić information content (AvgIpc) is 3.01. The molecule has 0 spiro atoms. The molecule has 0 radical (unpaired) electrons. The number of carbonyl (C=O) groups excluding carboxylic acids is 1. The minimum Gasteiger partial charge on any atom is -0.350 e. The van der Waals surface area contributed by atoms with E-state index in [-0.39, 0.29) is 17.7 Å². The molecule has 0 saturated carbocycles. The molecule has 1 fully saturated rings. The van der Waals surface area contributed by atoms with E-state index in [0.717, 1.165) is 23.5 Å². The third-order valence-electron chi connectivity index (χ3n) is 4.23. The molecular weight excluding hydrogens is 346 g/mol. The molecule has 1 unspecified atom stereocenters. The Morgan fingerprint density at radius 1 is 1.42 bits per heavy atom. The van der Waals surface area contributed by atoms with Crippen LogP contribution in [0.15, 0.2) is 5.38 Å². The Morgan fingerprint density at radius 2 is 2.12 bits per heavy atom. The normalized spacial score (nSPS) is 19.8. The Morgan fingerprint density at radius 3 is 2.75 bits per heavy atom. The van der Waals surface area contributed by atoms with Gasteiger partial charge < -0.3 is 5.32 Å². The van der Waals surface area contributed by atoms with E-state index in [9.17, 15) is 13.2 Å². The summed E-state index contributed by atoms with van der Waals surface area (Å²) in [5.41, 5.74) is 0.841. The van der Waals surface area contributed by atoms with Gasteiger partial charge in [0.25, 0.3) is 0 Å².